The highest BCUT2D eigenvalue weighted by atomic mass is 16.2. The van der Waals surface area contributed by atoms with E-state index in [0.29, 0.717) is 36.5 Å². The van der Waals surface area contributed by atoms with Crippen LogP contribution in [0.1, 0.15) is 62.5 Å². The fourth-order valence-corrected chi connectivity index (χ4v) is 5.59. The van der Waals surface area contributed by atoms with Gasteiger partial charge in [0.2, 0.25) is 17.8 Å². The quantitative estimate of drug-likeness (QED) is 0.279. The molecule has 0 radical (unpaired) electrons. The third-order valence-corrected chi connectivity index (χ3v) is 7.75. The van der Waals surface area contributed by atoms with Gasteiger partial charge in [-0.2, -0.15) is 0 Å². The third-order valence-electron chi connectivity index (χ3n) is 7.75. The Morgan fingerprint density at radius 2 is 1.98 bits per heavy atom. The van der Waals surface area contributed by atoms with Crippen molar-refractivity contribution in [1.29, 1.82) is 0 Å². The summed E-state index contributed by atoms with van der Waals surface area (Å²) in [5.41, 5.74) is 2.57. The summed E-state index contributed by atoms with van der Waals surface area (Å²) in [6, 6.07) is 8.68. The molecule has 3 aromatic heterocycles. The predicted molar refractivity (Wildman–Crippen MR) is 151 cm³/mol. The summed E-state index contributed by atoms with van der Waals surface area (Å²) in [7, 11) is 0. The number of nitrogens with zero attached hydrogens (tertiary/aromatic N) is 6. The van der Waals surface area contributed by atoms with Gasteiger partial charge >= 0.3 is 0 Å². The van der Waals surface area contributed by atoms with E-state index in [4.69, 9.17) is 0 Å². The Morgan fingerprint density at radius 1 is 1.17 bits per heavy atom. The van der Waals surface area contributed by atoms with Gasteiger partial charge in [0.1, 0.15) is 11.9 Å². The lowest BCUT2D eigenvalue weighted by Gasteiger charge is -2.24. The van der Waals surface area contributed by atoms with E-state index in [1.807, 2.05) is 58.0 Å². The molecule has 4 N–H and O–H groups in total. The van der Waals surface area contributed by atoms with Crippen LogP contribution < -0.4 is 21.5 Å². The van der Waals surface area contributed by atoms with Crippen molar-refractivity contribution in [3.05, 3.63) is 75.5 Å². The predicted octanol–water partition coefficient (Wildman–Crippen LogP) is 2.77. The van der Waals surface area contributed by atoms with Crippen molar-refractivity contribution in [1.82, 2.24) is 35.2 Å². The number of carbonyl (C=O) groups excluding carboxylic acids is 2. The summed E-state index contributed by atoms with van der Waals surface area (Å²) in [6.45, 7) is 7.77. The lowest BCUT2D eigenvalue weighted by Crippen LogP contribution is -2.36. The first kappa shape index (κ1) is 26.3. The molecule has 210 valence electrons. The molecule has 4 heterocycles. The summed E-state index contributed by atoms with van der Waals surface area (Å²) in [6.07, 6.45) is 4.74. The molecule has 1 spiro atoms. The standard InChI is InChI=1S/C28H30N10O3/c1-5-19(38-14-20(27(2,3)4)31-22(24(38)40)33-26-34-36-37-35-26)23(39)30-17-9-8-15-12-28(13-16(15)11-17)18-7-6-10-29-21(18)32-25(28)41/h6-11,14,19H,5,12-13H2,1-4H3,(H,30,39)(H,29,32,41)(H2,31,33,34,35,36,37). The minimum absolute atomic E-state index is 0.00895. The molecule has 0 bridgehead atoms. The number of hydrogen-bond acceptors (Lipinski definition) is 9. The molecular formula is C28H30N10O3. The summed E-state index contributed by atoms with van der Waals surface area (Å²) >= 11 is 0. The highest BCUT2D eigenvalue weighted by molar-refractivity contribution is 6.06. The number of nitrogens with one attached hydrogen (secondary N) is 4. The van der Waals surface area contributed by atoms with Crippen LogP contribution in [-0.2, 0) is 33.3 Å². The Kier molecular flexibility index (Phi) is 6.16. The first-order chi connectivity index (χ1) is 19.6. The highest BCUT2D eigenvalue weighted by Gasteiger charge is 2.51. The van der Waals surface area contributed by atoms with Crippen molar-refractivity contribution < 1.29 is 9.59 Å². The van der Waals surface area contributed by atoms with Gasteiger partial charge in [0, 0.05) is 29.1 Å². The van der Waals surface area contributed by atoms with Gasteiger partial charge in [0.05, 0.1) is 11.1 Å². The van der Waals surface area contributed by atoms with E-state index in [2.05, 4.69) is 46.5 Å². The number of aromatic nitrogens is 7. The number of benzene rings is 1. The molecular weight excluding hydrogens is 524 g/mol. The number of carbonyl (C=O) groups is 2. The Hall–Kier alpha value is -4.94. The summed E-state index contributed by atoms with van der Waals surface area (Å²) < 4.78 is 1.41. The number of aromatic amines is 1. The van der Waals surface area contributed by atoms with Crippen molar-refractivity contribution in [3.63, 3.8) is 0 Å². The second kappa shape index (κ2) is 9.61. The molecule has 1 aliphatic carbocycles. The van der Waals surface area contributed by atoms with Crippen LogP contribution >= 0.6 is 0 Å². The molecule has 13 nitrogen and oxygen atoms in total. The molecule has 13 heteroatoms. The van der Waals surface area contributed by atoms with Gasteiger partial charge in [-0.1, -0.05) is 44.9 Å². The number of tetrazole rings is 1. The first-order valence-corrected chi connectivity index (χ1v) is 13.4. The van der Waals surface area contributed by atoms with Gasteiger partial charge in [-0.3, -0.25) is 19.0 Å². The molecule has 2 unspecified atom stereocenters. The van der Waals surface area contributed by atoms with Crippen molar-refractivity contribution in [2.24, 2.45) is 0 Å². The highest BCUT2D eigenvalue weighted by Crippen LogP contribution is 2.47. The molecule has 2 amide bonds. The topological polar surface area (TPSA) is 172 Å². The molecule has 1 aromatic carbocycles. The first-order valence-electron chi connectivity index (χ1n) is 13.4. The van der Waals surface area contributed by atoms with Crippen LogP contribution in [0.5, 0.6) is 0 Å². The fraction of sp³-hybridized carbons (Fsp3) is 0.357. The van der Waals surface area contributed by atoms with Crippen LogP contribution in [0.4, 0.5) is 23.3 Å². The van der Waals surface area contributed by atoms with Gasteiger partial charge in [-0.25, -0.2) is 15.1 Å². The van der Waals surface area contributed by atoms with E-state index in [-0.39, 0.29) is 23.6 Å². The fourth-order valence-electron chi connectivity index (χ4n) is 5.59. The van der Waals surface area contributed by atoms with E-state index < -0.39 is 22.4 Å². The maximum absolute atomic E-state index is 13.6. The lowest BCUT2D eigenvalue weighted by atomic mass is 9.79. The summed E-state index contributed by atoms with van der Waals surface area (Å²) in [4.78, 5) is 49.0. The van der Waals surface area contributed by atoms with Crippen LogP contribution in [-0.4, -0.2) is 47.0 Å². The van der Waals surface area contributed by atoms with Crippen molar-refractivity contribution >= 4 is 35.1 Å². The number of H-pyrrole nitrogens is 1. The zero-order valence-electron chi connectivity index (χ0n) is 23.1. The second-order valence-corrected chi connectivity index (χ2v) is 11.5. The molecule has 0 fully saturated rings. The number of rotatable bonds is 6. The minimum atomic E-state index is -0.807. The van der Waals surface area contributed by atoms with Gasteiger partial charge in [-0.15, -0.1) is 0 Å². The number of fused-ring (bicyclic) bond motifs is 3. The number of hydrogen-bond donors (Lipinski definition) is 4. The molecule has 1 aliphatic heterocycles. The minimum Gasteiger partial charge on any atom is -0.324 e. The zero-order valence-corrected chi connectivity index (χ0v) is 23.1. The van der Waals surface area contributed by atoms with Gasteiger partial charge in [0.25, 0.3) is 5.56 Å². The van der Waals surface area contributed by atoms with Gasteiger partial charge < -0.3 is 16.0 Å². The van der Waals surface area contributed by atoms with Crippen LogP contribution in [0.2, 0.25) is 0 Å². The van der Waals surface area contributed by atoms with Crippen LogP contribution in [0.3, 0.4) is 0 Å². The van der Waals surface area contributed by atoms with Gasteiger partial charge in [0.15, 0.2) is 5.82 Å². The second-order valence-electron chi connectivity index (χ2n) is 11.5. The van der Waals surface area contributed by atoms with Crippen LogP contribution in [0.15, 0.2) is 47.5 Å². The van der Waals surface area contributed by atoms with E-state index >= 15 is 0 Å². The maximum atomic E-state index is 13.6. The molecule has 0 saturated heterocycles. The molecule has 2 aliphatic rings. The molecule has 2 atom stereocenters. The van der Waals surface area contributed by atoms with Crippen LogP contribution in [0.25, 0.3) is 0 Å². The number of anilines is 4. The molecule has 4 aromatic rings. The number of pyridine rings is 1. The normalized spacial score (nSPS) is 18.1. The summed E-state index contributed by atoms with van der Waals surface area (Å²) in [5.74, 6) is 0.380. The van der Waals surface area contributed by atoms with Crippen molar-refractivity contribution in [2.45, 2.75) is 63.8 Å². The molecule has 0 saturated carbocycles. The zero-order chi connectivity index (χ0) is 28.9. The number of amides is 2. The Bertz CT molecular complexity index is 1720. The van der Waals surface area contributed by atoms with Gasteiger partial charge in [-0.05, 0) is 59.0 Å². The summed E-state index contributed by atoms with van der Waals surface area (Å²) in [5, 5.41) is 22.1. The average Bonchev–Trinajstić information content (AvgIpc) is 3.64. The Labute approximate surface area is 235 Å². The van der Waals surface area contributed by atoms with E-state index in [9.17, 15) is 14.4 Å². The Morgan fingerprint density at radius 3 is 2.71 bits per heavy atom. The van der Waals surface area contributed by atoms with Crippen LogP contribution in [0, 0.1) is 0 Å². The van der Waals surface area contributed by atoms with Crippen molar-refractivity contribution in [3.8, 4) is 0 Å². The van der Waals surface area contributed by atoms with E-state index in [1.54, 1.807) is 12.4 Å². The average molecular weight is 555 g/mol. The third kappa shape index (κ3) is 4.52. The molecule has 6 rings (SSSR count). The lowest BCUT2D eigenvalue weighted by molar-refractivity contribution is -0.121. The smallest absolute Gasteiger partial charge is 0.294 e. The largest absolute Gasteiger partial charge is 0.324 e. The van der Waals surface area contributed by atoms with E-state index in [0.717, 1.165) is 16.7 Å². The maximum Gasteiger partial charge on any atom is 0.294 e. The van der Waals surface area contributed by atoms with Crippen molar-refractivity contribution in [2.75, 3.05) is 16.0 Å². The SMILES string of the molecule is CCC(C(=O)Nc1ccc2c(c1)CC1(C2)C(=O)Nc2ncccc21)n1cc(C(C)(C)C)nc(Nc2nnn[nH]2)c1=O. The molecule has 41 heavy (non-hydrogen) atoms. The monoisotopic (exact) mass is 554 g/mol. The Balaban J connectivity index is 1.28. The van der Waals surface area contributed by atoms with E-state index in [1.165, 1.54) is 4.57 Å².